The molecule has 1 aromatic heterocycles. The van der Waals surface area contributed by atoms with Gasteiger partial charge in [-0.05, 0) is 37.0 Å². The fourth-order valence-corrected chi connectivity index (χ4v) is 2.08. The molecule has 0 saturated heterocycles. The molecule has 3 rings (SSSR count). The van der Waals surface area contributed by atoms with Crippen LogP contribution in [0.1, 0.15) is 47.7 Å². The number of aromatic carboxylic acids is 1. The van der Waals surface area contributed by atoms with E-state index in [1.165, 1.54) is 5.56 Å². The average molecular weight is 257 g/mol. The first kappa shape index (κ1) is 11.9. The molecule has 2 aromatic rings. The van der Waals surface area contributed by atoms with Gasteiger partial charge >= 0.3 is 5.97 Å². The first-order valence-electron chi connectivity index (χ1n) is 6.48. The molecule has 1 aromatic carbocycles. The van der Waals surface area contributed by atoms with E-state index < -0.39 is 5.97 Å². The molecular formula is C14H15N3O2. The lowest BCUT2D eigenvalue weighted by atomic mass is 10.1. The minimum Gasteiger partial charge on any atom is -0.475 e. The fourth-order valence-electron chi connectivity index (χ4n) is 2.08. The van der Waals surface area contributed by atoms with Crippen LogP contribution in [0.4, 0.5) is 0 Å². The number of rotatable bonds is 4. The summed E-state index contributed by atoms with van der Waals surface area (Å²) in [5, 5.41) is 13.1. The van der Waals surface area contributed by atoms with E-state index in [4.69, 9.17) is 5.11 Å². The summed E-state index contributed by atoms with van der Waals surface area (Å²) in [6.07, 6.45) is 3.10. The highest BCUT2D eigenvalue weighted by Crippen LogP contribution is 2.39. The van der Waals surface area contributed by atoms with Crippen LogP contribution in [0.25, 0.3) is 5.69 Å². The maximum atomic E-state index is 11.0. The topological polar surface area (TPSA) is 68.0 Å². The smallest absolute Gasteiger partial charge is 0.375 e. The lowest BCUT2D eigenvalue weighted by Crippen LogP contribution is -2.03. The Hall–Kier alpha value is -2.17. The van der Waals surface area contributed by atoms with Crippen molar-refractivity contribution < 1.29 is 9.90 Å². The zero-order valence-electron chi connectivity index (χ0n) is 10.7. The van der Waals surface area contributed by atoms with Crippen molar-refractivity contribution in [2.45, 2.75) is 32.1 Å². The highest BCUT2D eigenvalue weighted by atomic mass is 16.4. The lowest BCUT2D eigenvalue weighted by molar-refractivity contribution is 0.0683. The van der Waals surface area contributed by atoms with Crippen molar-refractivity contribution >= 4 is 5.97 Å². The number of carbonyl (C=O) groups is 1. The number of carboxylic acid groups (broad SMARTS) is 1. The Morgan fingerprint density at radius 1 is 1.37 bits per heavy atom. The second-order valence-electron chi connectivity index (χ2n) is 4.80. The van der Waals surface area contributed by atoms with Gasteiger partial charge in [-0.25, -0.2) is 14.5 Å². The maximum absolute atomic E-state index is 11.0. The Bertz CT molecular complexity index is 612. The Balaban J connectivity index is 2.04. The molecule has 1 heterocycles. The molecule has 1 aliphatic carbocycles. The van der Waals surface area contributed by atoms with Crippen molar-refractivity contribution in [2.24, 2.45) is 0 Å². The summed E-state index contributed by atoms with van der Waals surface area (Å²) in [6, 6.07) is 8.00. The molecule has 5 heteroatoms. The predicted octanol–water partition coefficient (Wildman–Crippen LogP) is 2.41. The maximum Gasteiger partial charge on any atom is 0.375 e. The van der Waals surface area contributed by atoms with Gasteiger partial charge < -0.3 is 5.11 Å². The van der Waals surface area contributed by atoms with Gasteiger partial charge in [0.25, 0.3) is 5.82 Å². The Morgan fingerprint density at radius 3 is 2.58 bits per heavy atom. The molecule has 1 aliphatic rings. The van der Waals surface area contributed by atoms with Gasteiger partial charge in [-0.1, -0.05) is 19.1 Å². The molecule has 0 spiro atoms. The molecule has 1 fully saturated rings. The SMILES string of the molecule is CCc1ccc(-n2nc(C(=O)O)nc2C2CC2)cc1. The van der Waals surface area contributed by atoms with Gasteiger partial charge in [0.2, 0.25) is 0 Å². The highest BCUT2D eigenvalue weighted by Gasteiger charge is 2.31. The van der Waals surface area contributed by atoms with Crippen molar-refractivity contribution in [3.05, 3.63) is 41.5 Å². The molecule has 0 radical (unpaired) electrons. The fraction of sp³-hybridized carbons (Fsp3) is 0.357. The standard InChI is InChI=1S/C14H15N3O2/c1-2-9-3-7-11(8-4-9)17-13(10-5-6-10)15-12(16-17)14(18)19/h3-4,7-8,10H,2,5-6H2,1H3,(H,18,19). The van der Waals surface area contributed by atoms with Gasteiger partial charge in [0.05, 0.1) is 5.69 Å². The van der Waals surface area contributed by atoms with Crippen LogP contribution in [0.3, 0.4) is 0 Å². The predicted molar refractivity (Wildman–Crippen MR) is 69.7 cm³/mol. The van der Waals surface area contributed by atoms with Crippen molar-refractivity contribution in [1.82, 2.24) is 14.8 Å². The van der Waals surface area contributed by atoms with Gasteiger partial charge in [-0.3, -0.25) is 0 Å². The molecule has 0 aliphatic heterocycles. The summed E-state index contributed by atoms with van der Waals surface area (Å²) >= 11 is 0. The molecule has 98 valence electrons. The minimum atomic E-state index is -1.08. The van der Waals surface area contributed by atoms with Gasteiger partial charge in [0, 0.05) is 5.92 Å². The third-order valence-electron chi connectivity index (χ3n) is 3.36. The number of aromatic nitrogens is 3. The first-order chi connectivity index (χ1) is 9.19. The second-order valence-corrected chi connectivity index (χ2v) is 4.80. The molecule has 0 amide bonds. The van der Waals surface area contributed by atoms with Crippen molar-refractivity contribution in [1.29, 1.82) is 0 Å². The van der Waals surface area contributed by atoms with Crippen LogP contribution in [0.5, 0.6) is 0 Å². The number of nitrogens with zero attached hydrogens (tertiary/aromatic N) is 3. The van der Waals surface area contributed by atoms with Crippen LogP contribution >= 0.6 is 0 Å². The summed E-state index contributed by atoms with van der Waals surface area (Å²) in [6.45, 7) is 2.10. The van der Waals surface area contributed by atoms with E-state index >= 15 is 0 Å². The molecule has 19 heavy (non-hydrogen) atoms. The number of hydrogen-bond acceptors (Lipinski definition) is 3. The van der Waals surface area contributed by atoms with Gasteiger partial charge in [-0.2, -0.15) is 0 Å². The Morgan fingerprint density at radius 2 is 2.05 bits per heavy atom. The summed E-state index contributed by atoms with van der Waals surface area (Å²) in [7, 11) is 0. The van der Waals surface area contributed by atoms with Crippen LogP contribution in [-0.2, 0) is 6.42 Å². The number of hydrogen-bond donors (Lipinski definition) is 1. The third-order valence-corrected chi connectivity index (χ3v) is 3.36. The minimum absolute atomic E-state index is 0.124. The van der Waals surface area contributed by atoms with E-state index in [-0.39, 0.29) is 5.82 Å². The average Bonchev–Trinajstić information content (AvgIpc) is 3.17. The van der Waals surface area contributed by atoms with E-state index in [1.807, 2.05) is 24.3 Å². The molecule has 0 atom stereocenters. The summed E-state index contributed by atoms with van der Waals surface area (Å²) < 4.78 is 1.67. The Kier molecular flexibility index (Phi) is 2.81. The molecule has 1 N–H and O–H groups in total. The zero-order chi connectivity index (χ0) is 13.4. The van der Waals surface area contributed by atoms with Gasteiger partial charge in [0.1, 0.15) is 5.82 Å². The van der Waals surface area contributed by atoms with Crippen LogP contribution in [0.2, 0.25) is 0 Å². The first-order valence-corrected chi connectivity index (χ1v) is 6.48. The zero-order valence-corrected chi connectivity index (χ0v) is 10.7. The monoisotopic (exact) mass is 257 g/mol. The van der Waals surface area contributed by atoms with E-state index in [9.17, 15) is 4.79 Å². The van der Waals surface area contributed by atoms with Crippen molar-refractivity contribution in [3.8, 4) is 5.69 Å². The van der Waals surface area contributed by atoms with Crippen molar-refractivity contribution in [2.75, 3.05) is 0 Å². The summed E-state index contributed by atoms with van der Waals surface area (Å²) in [5.41, 5.74) is 2.12. The van der Waals surface area contributed by atoms with Crippen molar-refractivity contribution in [3.63, 3.8) is 0 Å². The summed E-state index contributed by atoms with van der Waals surface area (Å²) in [5.74, 6) is -0.0830. The van der Waals surface area contributed by atoms with E-state index in [0.717, 1.165) is 30.8 Å². The number of carboxylic acids is 1. The van der Waals surface area contributed by atoms with Crippen LogP contribution in [0.15, 0.2) is 24.3 Å². The number of benzene rings is 1. The second kappa shape index (κ2) is 4.50. The van der Waals surface area contributed by atoms with E-state index in [2.05, 4.69) is 17.0 Å². The number of aryl methyl sites for hydroxylation is 1. The molecular weight excluding hydrogens is 242 g/mol. The molecule has 0 unspecified atom stereocenters. The largest absolute Gasteiger partial charge is 0.475 e. The normalized spacial score (nSPS) is 14.6. The third kappa shape index (κ3) is 2.23. The lowest BCUT2D eigenvalue weighted by Gasteiger charge is -2.05. The molecule has 5 nitrogen and oxygen atoms in total. The van der Waals surface area contributed by atoms with E-state index in [0.29, 0.717) is 5.92 Å². The molecule has 1 saturated carbocycles. The van der Waals surface area contributed by atoms with Gasteiger partial charge in [-0.15, -0.1) is 5.10 Å². The van der Waals surface area contributed by atoms with Gasteiger partial charge in [0.15, 0.2) is 0 Å². The quantitative estimate of drug-likeness (QED) is 0.913. The van der Waals surface area contributed by atoms with Crippen LogP contribution in [0, 0.1) is 0 Å². The van der Waals surface area contributed by atoms with E-state index in [1.54, 1.807) is 4.68 Å². The molecule has 0 bridgehead atoms. The highest BCUT2D eigenvalue weighted by molar-refractivity contribution is 5.83. The summed E-state index contributed by atoms with van der Waals surface area (Å²) in [4.78, 5) is 15.1. The van der Waals surface area contributed by atoms with Crippen LogP contribution in [-0.4, -0.2) is 25.8 Å². The van der Waals surface area contributed by atoms with Crippen LogP contribution < -0.4 is 0 Å². The Labute approximate surface area is 110 Å².